The minimum atomic E-state index is -4.17. The van der Waals surface area contributed by atoms with Crippen molar-refractivity contribution in [3.05, 3.63) is 18.2 Å². The number of benzene rings is 1. The Balaban J connectivity index is 2.62. The lowest BCUT2D eigenvalue weighted by Crippen LogP contribution is -2.15. The van der Waals surface area contributed by atoms with Gasteiger partial charge in [0.1, 0.15) is 5.75 Å². The van der Waals surface area contributed by atoms with E-state index >= 15 is 0 Å². The first-order valence-electron chi connectivity index (χ1n) is 5.26. The summed E-state index contributed by atoms with van der Waals surface area (Å²) in [6, 6.07) is 4.97. The molecule has 0 bridgehead atoms. The van der Waals surface area contributed by atoms with E-state index in [9.17, 15) is 13.2 Å². The molecule has 0 aliphatic heterocycles. The Kier molecular flexibility index (Phi) is 4.48. The lowest BCUT2D eigenvalue weighted by Gasteiger charge is -2.13. The first-order valence-corrected chi connectivity index (χ1v) is 5.26. The van der Waals surface area contributed by atoms with Crippen molar-refractivity contribution in [2.75, 3.05) is 24.2 Å². The van der Waals surface area contributed by atoms with Gasteiger partial charge >= 0.3 is 6.18 Å². The fraction of sp³-hybridized carbons (Fsp3) is 0.455. The van der Waals surface area contributed by atoms with Crippen molar-refractivity contribution in [1.29, 1.82) is 0 Å². The van der Waals surface area contributed by atoms with Crippen molar-refractivity contribution >= 4 is 11.4 Å². The van der Waals surface area contributed by atoms with Gasteiger partial charge in [0.2, 0.25) is 0 Å². The molecular weight excluding hydrogens is 233 g/mol. The summed E-state index contributed by atoms with van der Waals surface area (Å²) in [5.41, 5.74) is 6.54. The molecule has 1 aromatic carbocycles. The molecule has 0 atom stereocenters. The predicted octanol–water partition coefficient (Wildman–Crippen LogP) is 3.03. The number of hydrogen-bond donors (Lipinski definition) is 2. The minimum Gasteiger partial charge on any atom is -0.492 e. The van der Waals surface area contributed by atoms with E-state index in [-0.39, 0.29) is 6.54 Å². The third-order valence-corrected chi connectivity index (χ3v) is 2.09. The summed E-state index contributed by atoms with van der Waals surface area (Å²) in [5, 5.41) is 2.64. The zero-order chi connectivity index (χ0) is 12.9. The zero-order valence-electron chi connectivity index (χ0n) is 9.47. The van der Waals surface area contributed by atoms with E-state index in [0.29, 0.717) is 23.7 Å². The molecule has 1 rings (SSSR count). The second kappa shape index (κ2) is 5.65. The van der Waals surface area contributed by atoms with Gasteiger partial charge in [-0.15, -0.1) is 0 Å². The van der Waals surface area contributed by atoms with Crippen molar-refractivity contribution < 1.29 is 17.9 Å². The number of nitrogens with two attached hydrogens (primary N) is 1. The fourth-order valence-electron chi connectivity index (χ4n) is 1.32. The molecule has 0 fully saturated rings. The number of nitrogens with one attached hydrogen (secondary N) is 1. The number of nitrogen functional groups attached to an aromatic ring is 1. The molecule has 0 amide bonds. The van der Waals surface area contributed by atoms with Gasteiger partial charge in [-0.25, -0.2) is 0 Å². The van der Waals surface area contributed by atoms with Crippen molar-refractivity contribution in [3.63, 3.8) is 0 Å². The highest BCUT2D eigenvalue weighted by atomic mass is 19.4. The van der Waals surface area contributed by atoms with Gasteiger partial charge in [0.05, 0.1) is 24.4 Å². The number of halogens is 3. The molecule has 0 spiro atoms. The van der Waals surface area contributed by atoms with Gasteiger partial charge in [-0.05, 0) is 19.1 Å². The maximum absolute atomic E-state index is 12.0. The monoisotopic (exact) mass is 248 g/mol. The maximum Gasteiger partial charge on any atom is 0.390 e. The Labute approximate surface area is 97.8 Å². The smallest absolute Gasteiger partial charge is 0.390 e. The molecule has 0 unspecified atom stereocenters. The van der Waals surface area contributed by atoms with Crippen LogP contribution in [-0.2, 0) is 0 Å². The molecule has 0 aromatic heterocycles. The third kappa shape index (κ3) is 4.42. The van der Waals surface area contributed by atoms with Gasteiger partial charge in [0, 0.05) is 6.54 Å². The lowest BCUT2D eigenvalue weighted by atomic mass is 10.2. The van der Waals surface area contributed by atoms with E-state index in [1.807, 2.05) is 6.92 Å². The average molecular weight is 248 g/mol. The van der Waals surface area contributed by atoms with Gasteiger partial charge < -0.3 is 15.8 Å². The Morgan fingerprint density at radius 2 is 2.06 bits per heavy atom. The van der Waals surface area contributed by atoms with Crippen LogP contribution in [0.3, 0.4) is 0 Å². The highest BCUT2D eigenvalue weighted by molar-refractivity contribution is 5.72. The summed E-state index contributed by atoms with van der Waals surface area (Å²) in [6.45, 7) is 2.06. The first-order chi connectivity index (χ1) is 7.94. The average Bonchev–Trinajstić information content (AvgIpc) is 2.22. The molecule has 0 aliphatic rings. The highest BCUT2D eigenvalue weighted by Gasteiger charge is 2.26. The Morgan fingerprint density at radius 3 is 2.65 bits per heavy atom. The minimum absolute atomic E-state index is 0.205. The lowest BCUT2D eigenvalue weighted by molar-refractivity contribution is -0.131. The van der Waals surface area contributed by atoms with Crippen LogP contribution < -0.4 is 15.8 Å². The van der Waals surface area contributed by atoms with Crippen LogP contribution in [0, 0.1) is 0 Å². The third-order valence-electron chi connectivity index (χ3n) is 2.09. The number of rotatable bonds is 5. The van der Waals surface area contributed by atoms with Crippen LogP contribution in [0.25, 0.3) is 0 Å². The second-order valence-electron chi connectivity index (χ2n) is 3.44. The molecule has 3 N–H and O–H groups in total. The van der Waals surface area contributed by atoms with Gasteiger partial charge in [0.15, 0.2) is 0 Å². The number of alkyl halides is 3. The number of ether oxygens (including phenoxy) is 1. The normalized spacial score (nSPS) is 11.3. The molecular formula is C11H15F3N2O. The van der Waals surface area contributed by atoms with Gasteiger partial charge in [-0.2, -0.15) is 13.2 Å². The topological polar surface area (TPSA) is 47.3 Å². The SMILES string of the molecule is CCOc1cccc(NCCC(F)(F)F)c1N. The van der Waals surface area contributed by atoms with Gasteiger partial charge in [0.25, 0.3) is 0 Å². The van der Waals surface area contributed by atoms with E-state index in [4.69, 9.17) is 10.5 Å². The van der Waals surface area contributed by atoms with Crippen molar-refractivity contribution in [2.45, 2.75) is 19.5 Å². The van der Waals surface area contributed by atoms with Crippen LogP contribution in [0.4, 0.5) is 24.5 Å². The summed E-state index contributed by atoms with van der Waals surface area (Å²) < 4.78 is 41.1. The summed E-state index contributed by atoms with van der Waals surface area (Å²) in [7, 11) is 0. The van der Waals surface area contributed by atoms with Gasteiger partial charge in [-0.3, -0.25) is 0 Å². The summed E-state index contributed by atoms with van der Waals surface area (Å²) in [4.78, 5) is 0. The molecule has 1 aromatic rings. The molecule has 17 heavy (non-hydrogen) atoms. The largest absolute Gasteiger partial charge is 0.492 e. The number of anilines is 2. The van der Waals surface area contributed by atoms with Crippen LogP contribution in [0.5, 0.6) is 5.75 Å². The van der Waals surface area contributed by atoms with Crippen molar-refractivity contribution in [2.24, 2.45) is 0 Å². The van der Waals surface area contributed by atoms with Crippen LogP contribution >= 0.6 is 0 Å². The van der Waals surface area contributed by atoms with Crippen LogP contribution in [0.15, 0.2) is 18.2 Å². The fourth-order valence-corrected chi connectivity index (χ4v) is 1.32. The Bertz CT molecular complexity index is 366. The zero-order valence-corrected chi connectivity index (χ0v) is 9.47. The van der Waals surface area contributed by atoms with E-state index in [2.05, 4.69) is 5.32 Å². The van der Waals surface area contributed by atoms with E-state index in [0.717, 1.165) is 0 Å². The Morgan fingerprint density at radius 1 is 1.35 bits per heavy atom. The molecule has 0 saturated carbocycles. The van der Waals surface area contributed by atoms with Crippen molar-refractivity contribution in [3.8, 4) is 5.75 Å². The van der Waals surface area contributed by atoms with Crippen LogP contribution in [-0.4, -0.2) is 19.3 Å². The van der Waals surface area contributed by atoms with E-state index < -0.39 is 12.6 Å². The van der Waals surface area contributed by atoms with Crippen LogP contribution in [0.1, 0.15) is 13.3 Å². The maximum atomic E-state index is 12.0. The summed E-state index contributed by atoms with van der Waals surface area (Å²) >= 11 is 0. The van der Waals surface area contributed by atoms with E-state index in [1.165, 1.54) is 0 Å². The van der Waals surface area contributed by atoms with Crippen molar-refractivity contribution in [1.82, 2.24) is 0 Å². The molecule has 0 heterocycles. The number of hydrogen-bond acceptors (Lipinski definition) is 3. The second-order valence-corrected chi connectivity index (χ2v) is 3.44. The van der Waals surface area contributed by atoms with Gasteiger partial charge in [-0.1, -0.05) is 6.07 Å². The molecule has 0 radical (unpaired) electrons. The molecule has 0 saturated heterocycles. The molecule has 3 nitrogen and oxygen atoms in total. The predicted molar refractivity (Wildman–Crippen MR) is 61.2 cm³/mol. The Hall–Kier alpha value is -1.59. The summed E-state index contributed by atoms with van der Waals surface area (Å²) in [6.07, 6.45) is -5.06. The molecule has 6 heteroatoms. The standard InChI is InChI=1S/C11H15F3N2O/c1-2-17-9-5-3-4-8(10(9)15)16-7-6-11(12,13)14/h3-5,16H,2,6-7,15H2,1H3. The number of para-hydroxylation sites is 1. The first kappa shape index (κ1) is 13.5. The molecule has 0 aliphatic carbocycles. The summed E-state index contributed by atoms with van der Waals surface area (Å²) in [5.74, 6) is 0.476. The molecule has 96 valence electrons. The highest BCUT2D eigenvalue weighted by Crippen LogP contribution is 2.29. The van der Waals surface area contributed by atoms with Crippen LogP contribution in [0.2, 0.25) is 0 Å². The quantitative estimate of drug-likeness (QED) is 0.787. The van der Waals surface area contributed by atoms with E-state index in [1.54, 1.807) is 18.2 Å².